The molecule has 1 saturated heterocycles. The van der Waals surface area contributed by atoms with Gasteiger partial charge in [-0.15, -0.1) is 0 Å². The monoisotopic (exact) mass is 480 g/mol. The minimum Gasteiger partial charge on any atom is -0.490 e. The maximum atomic E-state index is 12.6. The number of furan rings is 1. The lowest BCUT2D eigenvalue weighted by Gasteiger charge is -2.26. The lowest BCUT2D eigenvalue weighted by atomic mass is 10.0. The molecule has 0 aliphatic carbocycles. The summed E-state index contributed by atoms with van der Waals surface area (Å²) in [6, 6.07) is 8.30. The largest absolute Gasteiger partial charge is 0.490 e. The number of ether oxygens (including phenoxy) is 3. The molecule has 1 aromatic heterocycles. The number of sulfonamides is 1. The van der Waals surface area contributed by atoms with E-state index in [0.717, 1.165) is 0 Å². The number of nitrogens with one attached hydrogen (secondary N) is 1. The van der Waals surface area contributed by atoms with Crippen molar-refractivity contribution in [3.63, 3.8) is 0 Å². The van der Waals surface area contributed by atoms with Crippen LogP contribution in [0.1, 0.15) is 24.4 Å². The van der Waals surface area contributed by atoms with Crippen molar-refractivity contribution < 1.29 is 36.6 Å². The highest BCUT2D eigenvalue weighted by Crippen LogP contribution is 2.20. The summed E-state index contributed by atoms with van der Waals surface area (Å²) in [6.45, 7) is 5.02. The number of hydrogen-bond donors (Lipinski definition) is 1. The fourth-order valence-corrected chi connectivity index (χ4v) is 4.56. The number of esters is 1. The minimum absolute atomic E-state index is 0.0352. The molecule has 0 spiro atoms. The summed E-state index contributed by atoms with van der Waals surface area (Å²) in [4.78, 5) is 24.7. The summed E-state index contributed by atoms with van der Waals surface area (Å²) < 4.78 is 47.7. The van der Waals surface area contributed by atoms with Gasteiger partial charge in [0.2, 0.25) is 10.0 Å². The lowest BCUT2D eigenvalue weighted by molar-refractivity contribution is -0.147. The summed E-state index contributed by atoms with van der Waals surface area (Å²) in [6.07, 6.45) is 1.37. The maximum Gasteiger partial charge on any atom is 0.329 e. The van der Waals surface area contributed by atoms with E-state index in [4.69, 9.17) is 18.6 Å². The highest BCUT2D eigenvalue weighted by molar-refractivity contribution is 7.89. The number of carbonyl (C=O) groups is 2. The number of morpholine rings is 1. The Hall–Kier alpha value is -2.89. The van der Waals surface area contributed by atoms with Crippen molar-refractivity contribution in [1.82, 2.24) is 9.62 Å². The van der Waals surface area contributed by atoms with Crippen LogP contribution >= 0.6 is 0 Å². The van der Waals surface area contributed by atoms with Crippen LogP contribution in [-0.2, 0) is 24.3 Å². The molecule has 1 atom stereocenters. The zero-order chi connectivity index (χ0) is 23.8. The molecule has 1 aliphatic rings. The van der Waals surface area contributed by atoms with Crippen LogP contribution in [0.15, 0.2) is 52.0 Å². The van der Waals surface area contributed by atoms with Gasteiger partial charge in [0.25, 0.3) is 5.91 Å². The van der Waals surface area contributed by atoms with E-state index in [-0.39, 0.29) is 29.8 Å². The highest BCUT2D eigenvalue weighted by atomic mass is 32.2. The van der Waals surface area contributed by atoms with E-state index in [1.807, 2.05) is 0 Å². The molecule has 0 saturated carbocycles. The first-order valence-corrected chi connectivity index (χ1v) is 12.0. The van der Waals surface area contributed by atoms with Crippen LogP contribution in [-0.4, -0.2) is 70.2 Å². The third-order valence-corrected chi connectivity index (χ3v) is 6.89. The predicted molar refractivity (Wildman–Crippen MR) is 117 cm³/mol. The third kappa shape index (κ3) is 6.56. The van der Waals surface area contributed by atoms with E-state index < -0.39 is 27.9 Å². The number of benzene rings is 1. The number of nitrogens with zero attached hydrogens (tertiary/aromatic N) is 1. The van der Waals surface area contributed by atoms with Crippen molar-refractivity contribution in [2.45, 2.75) is 24.8 Å². The fraction of sp³-hybridized carbons (Fsp3) is 0.455. The normalized spacial score (nSPS) is 15.7. The Morgan fingerprint density at radius 2 is 1.79 bits per heavy atom. The first kappa shape index (κ1) is 24.7. The molecule has 10 nitrogen and oxygen atoms in total. The van der Waals surface area contributed by atoms with Crippen LogP contribution in [0.5, 0.6) is 5.75 Å². The predicted octanol–water partition coefficient (Wildman–Crippen LogP) is 1.68. The number of amides is 1. The molecule has 33 heavy (non-hydrogen) atoms. The summed E-state index contributed by atoms with van der Waals surface area (Å²) >= 11 is 0. The zero-order valence-corrected chi connectivity index (χ0v) is 19.4. The SMILES string of the molecule is CC(C)[C@H](NC(=O)c1ccco1)C(=O)OCCOc1ccc(S(=O)(=O)N2CCOCC2)cc1. The average molecular weight is 481 g/mol. The molecule has 0 radical (unpaired) electrons. The van der Waals surface area contributed by atoms with Gasteiger partial charge in [-0.2, -0.15) is 4.31 Å². The van der Waals surface area contributed by atoms with E-state index >= 15 is 0 Å². The number of rotatable bonds is 10. The zero-order valence-electron chi connectivity index (χ0n) is 18.6. The van der Waals surface area contributed by atoms with Crippen molar-refractivity contribution in [2.24, 2.45) is 5.92 Å². The fourth-order valence-electron chi connectivity index (χ4n) is 3.15. The van der Waals surface area contributed by atoms with Gasteiger partial charge in [-0.1, -0.05) is 13.8 Å². The van der Waals surface area contributed by atoms with Crippen LogP contribution < -0.4 is 10.1 Å². The molecule has 3 rings (SSSR count). The standard InChI is InChI=1S/C22H28N2O8S/c1-16(2)20(23-21(25)19-4-3-11-31-19)22(26)32-15-14-30-17-5-7-18(8-6-17)33(27,28)24-9-12-29-13-10-24/h3-8,11,16,20H,9-10,12-15H2,1-2H3,(H,23,25)/t20-/m0/s1. The van der Waals surface area contributed by atoms with E-state index in [1.54, 1.807) is 32.0 Å². The van der Waals surface area contributed by atoms with Crippen molar-refractivity contribution >= 4 is 21.9 Å². The lowest BCUT2D eigenvalue weighted by Crippen LogP contribution is -2.45. The topological polar surface area (TPSA) is 124 Å². The van der Waals surface area contributed by atoms with Gasteiger partial charge in [0.1, 0.15) is 25.0 Å². The van der Waals surface area contributed by atoms with Crippen LogP contribution in [0, 0.1) is 5.92 Å². The Kier molecular flexibility index (Phi) is 8.48. The molecule has 1 aliphatic heterocycles. The van der Waals surface area contributed by atoms with Gasteiger partial charge in [-0.25, -0.2) is 13.2 Å². The Balaban J connectivity index is 1.46. The molecule has 2 aromatic rings. The summed E-state index contributed by atoms with van der Waals surface area (Å²) in [5, 5.41) is 2.61. The van der Waals surface area contributed by atoms with E-state index in [1.165, 1.54) is 28.8 Å². The molecular formula is C22H28N2O8S. The molecule has 0 bridgehead atoms. The second kappa shape index (κ2) is 11.3. The number of hydrogen-bond acceptors (Lipinski definition) is 8. The van der Waals surface area contributed by atoms with Crippen LogP contribution in [0.2, 0.25) is 0 Å². The smallest absolute Gasteiger partial charge is 0.329 e. The first-order valence-electron chi connectivity index (χ1n) is 10.6. The minimum atomic E-state index is -3.57. The summed E-state index contributed by atoms with van der Waals surface area (Å²) in [5.41, 5.74) is 0. The van der Waals surface area contributed by atoms with Crippen molar-refractivity contribution in [3.8, 4) is 5.75 Å². The molecule has 180 valence electrons. The van der Waals surface area contributed by atoms with Gasteiger partial charge in [0.05, 0.1) is 24.4 Å². The van der Waals surface area contributed by atoms with E-state index in [2.05, 4.69) is 5.32 Å². The molecule has 1 amide bonds. The molecule has 1 aromatic carbocycles. The molecule has 0 unspecified atom stereocenters. The molecule has 11 heteroatoms. The Morgan fingerprint density at radius 1 is 1.09 bits per heavy atom. The van der Waals surface area contributed by atoms with Gasteiger partial charge in [0.15, 0.2) is 5.76 Å². The average Bonchev–Trinajstić information content (AvgIpc) is 3.36. The number of carbonyl (C=O) groups excluding carboxylic acids is 2. The first-order chi connectivity index (χ1) is 15.8. The second-order valence-electron chi connectivity index (χ2n) is 7.68. The van der Waals surface area contributed by atoms with Gasteiger partial charge in [0, 0.05) is 13.1 Å². The van der Waals surface area contributed by atoms with Gasteiger partial charge in [-0.05, 0) is 42.3 Å². The molecule has 1 fully saturated rings. The van der Waals surface area contributed by atoms with Crippen LogP contribution in [0.4, 0.5) is 0 Å². The molecule has 2 heterocycles. The van der Waals surface area contributed by atoms with Crippen LogP contribution in [0.25, 0.3) is 0 Å². The molecule has 1 N–H and O–H groups in total. The third-order valence-electron chi connectivity index (χ3n) is 4.98. The maximum absolute atomic E-state index is 12.6. The van der Waals surface area contributed by atoms with Crippen molar-refractivity contribution in [1.29, 1.82) is 0 Å². The van der Waals surface area contributed by atoms with Gasteiger partial charge >= 0.3 is 5.97 Å². The Labute approximate surface area is 192 Å². The highest BCUT2D eigenvalue weighted by Gasteiger charge is 2.27. The second-order valence-corrected chi connectivity index (χ2v) is 9.61. The van der Waals surface area contributed by atoms with E-state index in [0.29, 0.717) is 32.1 Å². The Bertz CT molecular complexity index is 1010. The van der Waals surface area contributed by atoms with Gasteiger partial charge in [-0.3, -0.25) is 4.79 Å². The van der Waals surface area contributed by atoms with Crippen molar-refractivity contribution in [2.75, 3.05) is 39.5 Å². The van der Waals surface area contributed by atoms with Crippen LogP contribution in [0.3, 0.4) is 0 Å². The van der Waals surface area contributed by atoms with E-state index in [9.17, 15) is 18.0 Å². The summed E-state index contributed by atoms with van der Waals surface area (Å²) in [5.74, 6) is -0.729. The quantitative estimate of drug-likeness (QED) is 0.402. The summed E-state index contributed by atoms with van der Waals surface area (Å²) in [7, 11) is -3.57. The molecular weight excluding hydrogens is 452 g/mol. The van der Waals surface area contributed by atoms with Crippen molar-refractivity contribution in [3.05, 3.63) is 48.4 Å². The Morgan fingerprint density at radius 3 is 2.39 bits per heavy atom. The van der Waals surface area contributed by atoms with Gasteiger partial charge < -0.3 is 23.9 Å².